The van der Waals surface area contributed by atoms with Gasteiger partial charge in [-0.05, 0) is 42.5 Å². The van der Waals surface area contributed by atoms with Gasteiger partial charge in [0.25, 0.3) is 0 Å². The highest BCUT2D eigenvalue weighted by Crippen LogP contribution is 2.24. The van der Waals surface area contributed by atoms with Crippen molar-refractivity contribution in [2.24, 2.45) is 0 Å². The van der Waals surface area contributed by atoms with Gasteiger partial charge in [0.15, 0.2) is 0 Å². The minimum Gasteiger partial charge on any atom is -0.337 e. The predicted octanol–water partition coefficient (Wildman–Crippen LogP) is 3.83. The fourth-order valence-corrected chi connectivity index (χ4v) is 2.79. The second kappa shape index (κ2) is 9.34. The Kier molecular flexibility index (Phi) is 6.62. The van der Waals surface area contributed by atoms with Crippen molar-refractivity contribution in [2.45, 2.75) is 6.42 Å². The summed E-state index contributed by atoms with van der Waals surface area (Å²) in [4.78, 5) is 28.0. The lowest BCUT2D eigenvalue weighted by Gasteiger charge is -2.12. The normalized spacial score (nSPS) is 10.4. The number of halogens is 2. The number of benzene rings is 2. The summed E-state index contributed by atoms with van der Waals surface area (Å²) in [7, 11) is 0. The van der Waals surface area contributed by atoms with Crippen LogP contribution in [-0.2, 0) is 4.79 Å². The van der Waals surface area contributed by atoms with Crippen molar-refractivity contribution in [1.82, 2.24) is 20.1 Å². The smallest absolute Gasteiger partial charge is 0.319 e. The molecule has 3 rings (SSSR count). The van der Waals surface area contributed by atoms with E-state index in [4.69, 9.17) is 11.6 Å². The average molecular weight is 464 g/mol. The van der Waals surface area contributed by atoms with E-state index in [1.54, 1.807) is 30.3 Å². The van der Waals surface area contributed by atoms with E-state index in [1.165, 1.54) is 17.3 Å². The van der Waals surface area contributed by atoms with Gasteiger partial charge in [0, 0.05) is 28.1 Å². The van der Waals surface area contributed by atoms with Crippen LogP contribution in [0.1, 0.15) is 6.42 Å². The Morgan fingerprint density at radius 2 is 1.89 bits per heavy atom. The molecule has 3 amide bonds. The number of hydrogen-bond donors (Lipinski definition) is 3. The molecule has 28 heavy (non-hydrogen) atoms. The van der Waals surface area contributed by atoms with Crippen LogP contribution in [0, 0.1) is 0 Å². The topological polar surface area (TPSA) is 101 Å². The van der Waals surface area contributed by atoms with Gasteiger partial charge in [-0.1, -0.05) is 27.5 Å². The van der Waals surface area contributed by atoms with Crippen molar-refractivity contribution in [3.05, 3.63) is 64.6 Å². The fraction of sp³-hybridized carbons (Fsp3) is 0.111. The Hall–Kier alpha value is -2.91. The van der Waals surface area contributed by atoms with E-state index in [0.29, 0.717) is 22.1 Å². The molecule has 3 N–H and O–H groups in total. The maximum Gasteiger partial charge on any atom is 0.319 e. The van der Waals surface area contributed by atoms with E-state index in [1.807, 2.05) is 12.1 Å². The van der Waals surface area contributed by atoms with E-state index in [-0.39, 0.29) is 24.9 Å². The summed E-state index contributed by atoms with van der Waals surface area (Å²) in [5.41, 5.74) is 1.79. The maximum absolute atomic E-state index is 12.2. The number of carbonyl (C=O) groups is 2. The molecule has 0 saturated heterocycles. The standard InChI is InChI=1S/C18H16BrClN6O2/c19-12-1-4-14(5-2-12)24-18(28)22-8-7-17(27)25-15-9-13(20)3-6-16(15)26-11-21-10-23-26/h1-6,9-11H,7-8H2,(H,25,27)(H2,22,24,28). The highest BCUT2D eigenvalue weighted by Gasteiger charge is 2.11. The largest absolute Gasteiger partial charge is 0.337 e. The first-order valence-electron chi connectivity index (χ1n) is 8.26. The van der Waals surface area contributed by atoms with Crippen LogP contribution in [0.5, 0.6) is 0 Å². The fourth-order valence-electron chi connectivity index (χ4n) is 2.35. The van der Waals surface area contributed by atoms with Crippen LogP contribution in [0.25, 0.3) is 5.69 Å². The molecule has 0 aliphatic carbocycles. The van der Waals surface area contributed by atoms with Crippen molar-refractivity contribution in [1.29, 1.82) is 0 Å². The molecule has 0 aliphatic rings. The Labute approximate surface area is 174 Å². The van der Waals surface area contributed by atoms with Crippen LogP contribution < -0.4 is 16.0 Å². The highest BCUT2D eigenvalue weighted by molar-refractivity contribution is 9.10. The third-order valence-corrected chi connectivity index (χ3v) is 4.40. The average Bonchev–Trinajstić information content (AvgIpc) is 3.18. The first kappa shape index (κ1) is 19.8. The number of nitrogens with one attached hydrogen (secondary N) is 3. The molecule has 0 fully saturated rings. The summed E-state index contributed by atoms with van der Waals surface area (Å²) >= 11 is 9.36. The molecule has 0 saturated carbocycles. The summed E-state index contributed by atoms with van der Waals surface area (Å²) in [6.45, 7) is 0.174. The van der Waals surface area contributed by atoms with Crippen molar-refractivity contribution in [2.75, 3.05) is 17.2 Å². The molecule has 0 spiro atoms. The molecule has 0 atom stereocenters. The molecular formula is C18H16BrClN6O2. The summed E-state index contributed by atoms with van der Waals surface area (Å²) in [5.74, 6) is -0.271. The molecule has 0 aliphatic heterocycles. The minimum absolute atomic E-state index is 0.0943. The van der Waals surface area contributed by atoms with Gasteiger partial charge in [0.2, 0.25) is 5.91 Å². The van der Waals surface area contributed by atoms with Crippen LogP contribution in [0.3, 0.4) is 0 Å². The van der Waals surface area contributed by atoms with Gasteiger partial charge in [-0.15, -0.1) is 0 Å². The number of carbonyl (C=O) groups excluding carboxylic acids is 2. The lowest BCUT2D eigenvalue weighted by molar-refractivity contribution is -0.116. The summed E-state index contributed by atoms with van der Waals surface area (Å²) < 4.78 is 2.44. The third kappa shape index (κ3) is 5.54. The van der Waals surface area contributed by atoms with Gasteiger partial charge in [-0.3, -0.25) is 4.79 Å². The van der Waals surface area contributed by atoms with Crippen molar-refractivity contribution >= 4 is 50.8 Å². The third-order valence-electron chi connectivity index (χ3n) is 3.64. The summed E-state index contributed by atoms with van der Waals surface area (Å²) in [6.07, 6.45) is 3.01. The first-order chi connectivity index (χ1) is 13.5. The molecule has 0 unspecified atom stereocenters. The van der Waals surface area contributed by atoms with Gasteiger partial charge in [0.1, 0.15) is 12.7 Å². The molecule has 8 nitrogen and oxygen atoms in total. The Morgan fingerprint density at radius 3 is 2.61 bits per heavy atom. The molecule has 1 heterocycles. The molecule has 10 heteroatoms. The SMILES string of the molecule is O=C(CCNC(=O)Nc1ccc(Br)cc1)Nc1cc(Cl)ccc1-n1cncn1. The number of hydrogen-bond acceptors (Lipinski definition) is 4. The number of anilines is 2. The van der Waals surface area contributed by atoms with E-state index < -0.39 is 0 Å². The van der Waals surface area contributed by atoms with Gasteiger partial charge < -0.3 is 16.0 Å². The summed E-state index contributed by atoms with van der Waals surface area (Å²) in [5, 5.41) is 12.6. The maximum atomic E-state index is 12.2. The predicted molar refractivity (Wildman–Crippen MR) is 111 cm³/mol. The van der Waals surface area contributed by atoms with Crippen molar-refractivity contribution < 1.29 is 9.59 Å². The number of aromatic nitrogens is 3. The van der Waals surface area contributed by atoms with E-state index >= 15 is 0 Å². The zero-order chi connectivity index (χ0) is 19.9. The lowest BCUT2D eigenvalue weighted by atomic mass is 10.2. The number of nitrogens with zero attached hydrogens (tertiary/aromatic N) is 3. The second-order valence-corrected chi connectivity index (χ2v) is 7.04. The molecule has 1 aromatic heterocycles. The lowest BCUT2D eigenvalue weighted by Crippen LogP contribution is -2.31. The van der Waals surface area contributed by atoms with Gasteiger partial charge in [-0.2, -0.15) is 5.10 Å². The zero-order valence-corrected chi connectivity index (χ0v) is 16.9. The van der Waals surface area contributed by atoms with Crippen molar-refractivity contribution in [3.63, 3.8) is 0 Å². The summed E-state index contributed by atoms with van der Waals surface area (Å²) in [6, 6.07) is 11.8. The molecule has 0 bridgehead atoms. The molecule has 144 valence electrons. The van der Waals surface area contributed by atoms with Crippen LogP contribution in [0.4, 0.5) is 16.2 Å². The minimum atomic E-state index is -0.388. The Bertz CT molecular complexity index is 963. The number of amides is 3. The Morgan fingerprint density at radius 1 is 1.11 bits per heavy atom. The monoisotopic (exact) mass is 462 g/mol. The molecule has 2 aromatic carbocycles. The van der Waals surface area contributed by atoms with Crippen LogP contribution >= 0.6 is 27.5 Å². The first-order valence-corrected chi connectivity index (χ1v) is 9.43. The van der Waals surface area contributed by atoms with E-state index in [0.717, 1.165) is 4.47 Å². The second-order valence-electron chi connectivity index (χ2n) is 5.69. The van der Waals surface area contributed by atoms with Crippen LogP contribution in [0.15, 0.2) is 59.6 Å². The van der Waals surface area contributed by atoms with E-state index in [9.17, 15) is 9.59 Å². The van der Waals surface area contributed by atoms with Crippen LogP contribution in [-0.4, -0.2) is 33.2 Å². The quantitative estimate of drug-likeness (QED) is 0.517. The number of rotatable bonds is 6. The van der Waals surface area contributed by atoms with Crippen LogP contribution in [0.2, 0.25) is 5.02 Å². The van der Waals surface area contributed by atoms with Gasteiger partial charge >= 0.3 is 6.03 Å². The number of urea groups is 1. The molecule has 3 aromatic rings. The molecular weight excluding hydrogens is 448 g/mol. The van der Waals surface area contributed by atoms with Gasteiger partial charge in [-0.25, -0.2) is 14.5 Å². The molecule has 0 radical (unpaired) electrons. The Balaban J connectivity index is 1.51. The van der Waals surface area contributed by atoms with E-state index in [2.05, 4.69) is 42.0 Å². The zero-order valence-electron chi connectivity index (χ0n) is 14.5. The van der Waals surface area contributed by atoms with Gasteiger partial charge in [0.05, 0.1) is 11.4 Å². The highest BCUT2D eigenvalue weighted by atomic mass is 79.9. The van der Waals surface area contributed by atoms with Crippen molar-refractivity contribution in [3.8, 4) is 5.69 Å².